The zero-order valence-electron chi connectivity index (χ0n) is 14.0. The molecule has 0 bridgehead atoms. The smallest absolute Gasteiger partial charge is 0.252 e. The second-order valence-electron chi connectivity index (χ2n) is 6.05. The van der Waals surface area contributed by atoms with Crippen molar-refractivity contribution in [3.63, 3.8) is 0 Å². The molecule has 1 aliphatic heterocycles. The summed E-state index contributed by atoms with van der Waals surface area (Å²) in [7, 11) is -3.41. The number of nitrogens with two attached hydrogens (primary N) is 1. The van der Waals surface area contributed by atoms with E-state index in [4.69, 9.17) is 5.73 Å². The maximum atomic E-state index is 12.7. The first-order valence-corrected chi connectivity index (χ1v) is 10.1. The van der Waals surface area contributed by atoms with Crippen LogP contribution < -0.4 is 11.1 Å². The number of hydrogen-bond acceptors (Lipinski definition) is 5. The van der Waals surface area contributed by atoms with Crippen molar-refractivity contribution < 1.29 is 13.2 Å². The number of thiophene rings is 1. The van der Waals surface area contributed by atoms with E-state index in [-0.39, 0.29) is 24.4 Å². The van der Waals surface area contributed by atoms with E-state index >= 15 is 0 Å². The van der Waals surface area contributed by atoms with Crippen LogP contribution in [0.5, 0.6) is 0 Å². The van der Waals surface area contributed by atoms with Crippen molar-refractivity contribution in [2.75, 3.05) is 19.6 Å². The fourth-order valence-electron chi connectivity index (χ4n) is 2.76. The number of carbonyl (C=O) groups excluding carboxylic acids is 1. The van der Waals surface area contributed by atoms with E-state index in [0.717, 1.165) is 17.7 Å². The van der Waals surface area contributed by atoms with E-state index in [2.05, 4.69) is 5.32 Å². The van der Waals surface area contributed by atoms with E-state index in [0.29, 0.717) is 36.2 Å². The van der Waals surface area contributed by atoms with Crippen molar-refractivity contribution in [3.05, 3.63) is 17.0 Å². The number of carbonyl (C=O) groups is 1. The number of hydrogen-bond donors (Lipinski definition) is 2. The third-order valence-electron chi connectivity index (χ3n) is 4.22. The molecule has 1 amide bonds. The van der Waals surface area contributed by atoms with Crippen molar-refractivity contribution in [1.29, 1.82) is 0 Å². The van der Waals surface area contributed by atoms with E-state index in [1.54, 1.807) is 10.4 Å². The minimum atomic E-state index is -3.41. The van der Waals surface area contributed by atoms with Crippen LogP contribution in [0, 0.1) is 5.92 Å². The summed E-state index contributed by atoms with van der Waals surface area (Å²) in [4.78, 5) is 11.8. The molecule has 2 heterocycles. The van der Waals surface area contributed by atoms with Crippen molar-refractivity contribution in [1.82, 2.24) is 9.62 Å². The van der Waals surface area contributed by atoms with Gasteiger partial charge in [0.2, 0.25) is 5.91 Å². The quantitative estimate of drug-likeness (QED) is 0.765. The largest absolute Gasteiger partial charge is 0.356 e. The molecule has 0 aliphatic carbocycles. The van der Waals surface area contributed by atoms with Gasteiger partial charge in [0, 0.05) is 37.5 Å². The molecule has 3 N–H and O–H groups in total. The van der Waals surface area contributed by atoms with Gasteiger partial charge in [0.15, 0.2) is 0 Å². The Hall–Kier alpha value is -0.670. The second kappa shape index (κ2) is 9.15. The maximum absolute atomic E-state index is 12.7. The van der Waals surface area contributed by atoms with Gasteiger partial charge in [-0.1, -0.05) is 0 Å². The van der Waals surface area contributed by atoms with Crippen LogP contribution in [-0.4, -0.2) is 44.3 Å². The standard InChI is InChI=1S/C15H25N3O3S2.ClH/c1-11(16)13-6-9-18(10-7-13)23(20,21)15-4-3-14(22-15)5-8-17-12(2)19;/h3-4,11,13H,5-10,16H2,1-2H3,(H,17,19);1H. The van der Waals surface area contributed by atoms with Crippen molar-refractivity contribution >= 4 is 39.7 Å². The molecule has 6 nitrogen and oxygen atoms in total. The van der Waals surface area contributed by atoms with E-state index in [1.807, 2.05) is 13.0 Å². The molecule has 1 atom stereocenters. The number of nitrogens with one attached hydrogen (secondary N) is 1. The van der Waals surface area contributed by atoms with Gasteiger partial charge in [-0.25, -0.2) is 8.42 Å². The molecule has 0 spiro atoms. The van der Waals surface area contributed by atoms with Gasteiger partial charge in [-0.05, 0) is 44.2 Å². The summed E-state index contributed by atoms with van der Waals surface area (Å²) in [6, 6.07) is 3.61. The number of amides is 1. The third kappa shape index (κ3) is 5.42. The minimum absolute atomic E-state index is 0. The molecule has 138 valence electrons. The van der Waals surface area contributed by atoms with Crippen molar-refractivity contribution in [2.24, 2.45) is 11.7 Å². The normalized spacial score (nSPS) is 18.0. The van der Waals surface area contributed by atoms with Crippen LogP contribution in [0.3, 0.4) is 0 Å². The van der Waals surface area contributed by atoms with Crippen LogP contribution in [0.25, 0.3) is 0 Å². The molecule has 1 aromatic heterocycles. The molecule has 1 aromatic rings. The van der Waals surface area contributed by atoms with Gasteiger partial charge in [-0.3, -0.25) is 4.79 Å². The number of sulfonamides is 1. The molecule has 1 saturated heterocycles. The van der Waals surface area contributed by atoms with Gasteiger partial charge in [0.25, 0.3) is 10.0 Å². The molecule has 0 radical (unpaired) electrons. The summed E-state index contributed by atoms with van der Waals surface area (Å²) in [5, 5.41) is 2.72. The topological polar surface area (TPSA) is 92.5 Å². The van der Waals surface area contributed by atoms with Crippen LogP contribution in [-0.2, 0) is 21.2 Å². The van der Waals surface area contributed by atoms with Crippen LogP contribution in [0.4, 0.5) is 0 Å². The van der Waals surface area contributed by atoms with Gasteiger partial charge in [0.05, 0.1) is 0 Å². The Kier molecular flexibility index (Phi) is 8.14. The Morgan fingerprint density at radius 3 is 2.58 bits per heavy atom. The summed E-state index contributed by atoms with van der Waals surface area (Å²) in [5.74, 6) is 0.324. The first-order valence-electron chi connectivity index (χ1n) is 7.89. The van der Waals surface area contributed by atoms with Gasteiger partial charge >= 0.3 is 0 Å². The number of nitrogens with zero attached hydrogens (tertiary/aromatic N) is 1. The van der Waals surface area contributed by atoms with Crippen LogP contribution in [0.2, 0.25) is 0 Å². The van der Waals surface area contributed by atoms with E-state index in [1.165, 1.54) is 18.3 Å². The first-order chi connectivity index (χ1) is 10.8. The Morgan fingerprint density at radius 1 is 1.42 bits per heavy atom. The van der Waals surface area contributed by atoms with Gasteiger partial charge in [0.1, 0.15) is 4.21 Å². The van der Waals surface area contributed by atoms with Gasteiger partial charge in [-0.15, -0.1) is 23.7 Å². The fourth-order valence-corrected chi connectivity index (χ4v) is 5.74. The summed E-state index contributed by atoms with van der Waals surface area (Å²) in [5.41, 5.74) is 5.91. The zero-order valence-corrected chi connectivity index (χ0v) is 16.5. The summed E-state index contributed by atoms with van der Waals surface area (Å²) >= 11 is 1.29. The SMILES string of the molecule is CC(=O)NCCc1ccc(S(=O)(=O)N2CCC(C(C)N)CC2)s1.Cl. The average Bonchev–Trinajstić information content (AvgIpc) is 2.96. The Morgan fingerprint density at radius 2 is 2.04 bits per heavy atom. The number of rotatable bonds is 6. The highest BCUT2D eigenvalue weighted by atomic mass is 35.5. The lowest BCUT2D eigenvalue weighted by molar-refractivity contribution is -0.118. The third-order valence-corrected chi connectivity index (χ3v) is 7.73. The second-order valence-corrected chi connectivity index (χ2v) is 9.39. The number of piperidine rings is 1. The highest BCUT2D eigenvalue weighted by Gasteiger charge is 2.31. The summed E-state index contributed by atoms with van der Waals surface area (Å²) < 4.78 is 27.3. The van der Waals surface area contributed by atoms with Crippen molar-refractivity contribution in [2.45, 2.75) is 43.4 Å². The van der Waals surface area contributed by atoms with Gasteiger partial charge < -0.3 is 11.1 Å². The summed E-state index contributed by atoms with van der Waals surface area (Å²) in [6.07, 6.45) is 2.28. The molecule has 1 fully saturated rings. The Bertz CT molecular complexity index is 638. The lowest BCUT2D eigenvalue weighted by Crippen LogP contribution is -2.42. The van der Waals surface area contributed by atoms with Crippen LogP contribution >= 0.6 is 23.7 Å². The maximum Gasteiger partial charge on any atom is 0.252 e. The molecule has 24 heavy (non-hydrogen) atoms. The van der Waals surface area contributed by atoms with E-state index < -0.39 is 10.0 Å². The highest BCUT2D eigenvalue weighted by Crippen LogP contribution is 2.29. The monoisotopic (exact) mass is 395 g/mol. The minimum Gasteiger partial charge on any atom is -0.356 e. The first kappa shape index (κ1) is 21.4. The predicted molar refractivity (Wildman–Crippen MR) is 99.1 cm³/mol. The van der Waals surface area contributed by atoms with Crippen LogP contribution in [0.1, 0.15) is 31.6 Å². The molecule has 0 saturated carbocycles. The Balaban J connectivity index is 0.00000288. The highest BCUT2D eigenvalue weighted by molar-refractivity contribution is 7.91. The summed E-state index contributed by atoms with van der Waals surface area (Å²) in [6.45, 7) is 5.04. The molecular formula is C15H26ClN3O3S2. The Labute approximate surface area is 154 Å². The predicted octanol–water partition coefficient (Wildman–Crippen LogP) is 1.60. The molecule has 0 aromatic carbocycles. The molecule has 9 heteroatoms. The lowest BCUT2D eigenvalue weighted by atomic mass is 9.92. The van der Waals surface area contributed by atoms with E-state index in [9.17, 15) is 13.2 Å². The average molecular weight is 396 g/mol. The molecule has 1 unspecified atom stereocenters. The molecular weight excluding hydrogens is 370 g/mol. The zero-order chi connectivity index (χ0) is 17.0. The fraction of sp³-hybridized carbons (Fsp3) is 0.667. The van der Waals surface area contributed by atoms with Crippen LogP contribution in [0.15, 0.2) is 16.3 Å². The van der Waals surface area contributed by atoms with Crippen molar-refractivity contribution in [3.8, 4) is 0 Å². The number of halogens is 1. The lowest BCUT2D eigenvalue weighted by Gasteiger charge is -2.32. The molecule has 2 rings (SSSR count). The van der Waals surface area contributed by atoms with Gasteiger partial charge in [-0.2, -0.15) is 4.31 Å². The molecule has 1 aliphatic rings.